The van der Waals surface area contributed by atoms with Gasteiger partial charge in [0, 0.05) is 25.7 Å². The van der Waals surface area contributed by atoms with E-state index in [4.69, 9.17) is 37.0 Å². The molecule has 3 N–H and O–H groups in total. The molecule has 0 heterocycles. The molecule has 504 valence electrons. The van der Waals surface area contributed by atoms with Crippen LogP contribution < -0.4 is 0 Å². The summed E-state index contributed by atoms with van der Waals surface area (Å²) < 4.78 is 68.0. The van der Waals surface area contributed by atoms with Crippen molar-refractivity contribution < 1.29 is 80.2 Å². The molecular weight excluding hydrogens is 1130 g/mol. The number of hydrogen-bond donors (Lipinski definition) is 3. The minimum Gasteiger partial charge on any atom is -0.462 e. The fourth-order valence-electron chi connectivity index (χ4n) is 9.83. The van der Waals surface area contributed by atoms with Gasteiger partial charge in [-0.1, -0.05) is 273 Å². The first-order valence-electron chi connectivity index (χ1n) is 34.3. The lowest BCUT2D eigenvalue weighted by Gasteiger charge is -2.21. The molecule has 0 saturated heterocycles. The SMILES string of the molecule is CCCCCCCCCCCC(=O)OC[C@H](COP(=O)(O)OC[C@H](O)COP(=O)(O)OC[C@@H](COC(=O)CCCCCCCCCCC(C)C)OC(=O)CCCCCCCCCCCCCCCC(C)C)OC(=O)CCCCCCCCC(C)C. The Bertz CT molecular complexity index is 1680. The largest absolute Gasteiger partial charge is 0.472 e. The Hall–Kier alpha value is -1.94. The van der Waals surface area contributed by atoms with Crippen LogP contribution in [-0.2, 0) is 65.4 Å². The van der Waals surface area contributed by atoms with Gasteiger partial charge in [0.15, 0.2) is 12.2 Å². The predicted molar refractivity (Wildman–Crippen MR) is 340 cm³/mol. The molecule has 5 atom stereocenters. The van der Waals surface area contributed by atoms with E-state index in [1.165, 1.54) is 135 Å². The molecule has 0 aliphatic heterocycles. The Labute approximate surface area is 517 Å². The van der Waals surface area contributed by atoms with Crippen molar-refractivity contribution in [3.05, 3.63) is 0 Å². The minimum absolute atomic E-state index is 0.102. The molecule has 85 heavy (non-hydrogen) atoms. The van der Waals surface area contributed by atoms with Crippen molar-refractivity contribution in [2.24, 2.45) is 17.8 Å². The molecule has 0 aromatic heterocycles. The van der Waals surface area contributed by atoms with Crippen LogP contribution in [0.4, 0.5) is 0 Å². The number of carbonyl (C=O) groups is 4. The summed E-state index contributed by atoms with van der Waals surface area (Å²) in [5.74, 6) is 0.0446. The van der Waals surface area contributed by atoms with Crippen LogP contribution in [0.1, 0.15) is 325 Å². The number of unbranched alkanes of at least 4 members (excludes halogenated alkanes) is 32. The topological polar surface area (TPSA) is 237 Å². The maximum atomic E-state index is 13.0. The zero-order valence-electron chi connectivity index (χ0n) is 55.1. The summed E-state index contributed by atoms with van der Waals surface area (Å²) >= 11 is 0. The number of phosphoric ester groups is 2. The van der Waals surface area contributed by atoms with Crippen LogP contribution >= 0.6 is 15.6 Å². The first-order chi connectivity index (χ1) is 40.7. The molecule has 0 radical (unpaired) electrons. The van der Waals surface area contributed by atoms with Crippen molar-refractivity contribution in [1.29, 1.82) is 0 Å². The van der Waals surface area contributed by atoms with Crippen molar-refractivity contribution in [2.75, 3.05) is 39.6 Å². The van der Waals surface area contributed by atoms with Crippen LogP contribution in [0.2, 0.25) is 0 Å². The number of aliphatic hydroxyl groups is 1. The second-order valence-electron chi connectivity index (χ2n) is 25.3. The second kappa shape index (κ2) is 57.2. The third-order valence-electron chi connectivity index (χ3n) is 15.1. The van der Waals surface area contributed by atoms with Gasteiger partial charge >= 0.3 is 39.5 Å². The molecule has 0 aliphatic carbocycles. The smallest absolute Gasteiger partial charge is 0.462 e. The summed E-state index contributed by atoms with van der Waals surface area (Å²) in [6.45, 7) is 11.7. The van der Waals surface area contributed by atoms with Gasteiger partial charge in [0.05, 0.1) is 26.4 Å². The number of hydrogen-bond acceptors (Lipinski definition) is 15. The van der Waals surface area contributed by atoms with Crippen molar-refractivity contribution >= 4 is 39.5 Å². The molecular formula is C66H128O17P2. The lowest BCUT2D eigenvalue weighted by Crippen LogP contribution is -2.30. The molecule has 0 saturated carbocycles. The van der Waals surface area contributed by atoms with E-state index in [0.29, 0.717) is 31.6 Å². The van der Waals surface area contributed by atoms with Gasteiger partial charge in [-0.3, -0.25) is 37.3 Å². The van der Waals surface area contributed by atoms with Gasteiger partial charge in [-0.2, -0.15) is 0 Å². The monoisotopic (exact) mass is 1250 g/mol. The molecule has 2 unspecified atom stereocenters. The molecule has 0 rings (SSSR count). The number of ether oxygens (including phenoxy) is 4. The zero-order chi connectivity index (χ0) is 63.1. The fourth-order valence-corrected chi connectivity index (χ4v) is 11.4. The quantitative estimate of drug-likeness (QED) is 0.0222. The van der Waals surface area contributed by atoms with E-state index in [9.17, 15) is 43.2 Å². The molecule has 0 spiro atoms. The minimum atomic E-state index is -4.95. The van der Waals surface area contributed by atoms with E-state index in [1.807, 2.05) is 0 Å². The number of rotatable bonds is 64. The third kappa shape index (κ3) is 60.7. The Morgan fingerprint density at radius 1 is 0.318 bits per heavy atom. The molecule has 0 aromatic rings. The molecule has 0 bridgehead atoms. The van der Waals surface area contributed by atoms with E-state index in [0.717, 1.165) is 102 Å². The van der Waals surface area contributed by atoms with Gasteiger partial charge in [0.25, 0.3) is 0 Å². The van der Waals surface area contributed by atoms with Gasteiger partial charge < -0.3 is 33.8 Å². The number of esters is 4. The number of aliphatic hydroxyl groups excluding tert-OH is 1. The second-order valence-corrected chi connectivity index (χ2v) is 28.2. The summed E-state index contributed by atoms with van der Waals surface area (Å²) in [7, 11) is -9.89. The summed E-state index contributed by atoms with van der Waals surface area (Å²) in [5.41, 5.74) is 0. The van der Waals surface area contributed by atoms with Crippen molar-refractivity contribution in [3.63, 3.8) is 0 Å². The van der Waals surface area contributed by atoms with Gasteiger partial charge in [-0.15, -0.1) is 0 Å². The normalized spacial score (nSPS) is 14.3. The Morgan fingerprint density at radius 3 is 0.800 bits per heavy atom. The van der Waals surface area contributed by atoms with E-state index in [-0.39, 0.29) is 25.7 Å². The summed E-state index contributed by atoms with van der Waals surface area (Å²) in [5, 5.41) is 10.5. The van der Waals surface area contributed by atoms with Gasteiger partial charge in [-0.05, 0) is 43.4 Å². The highest BCUT2D eigenvalue weighted by Gasteiger charge is 2.30. The van der Waals surface area contributed by atoms with E-state index in [2.05, 4.69) is 48.5 Å². The van der Waals surface area contributed by atoms with Crippen molar-refractivity contribution in [2.45, 2.75) is 343 Å². The number of phosphoric acid groups is 2. The average Bonchev–Trinajstić information content (AvgIpc) is 3.55. The first-order valence-corrected chi connectivity index (χ1v) is 37.3. The van der Waals surface area contributed by atoms with Crippen LogP contribution in [0.25, 0.3) is 0 Å². The molecule has 0 amide bonds. The molecule has 0 aliphatic rings. The lowest BCUT2D eigenvalue weighted by molar-refractivity contribution is -0.161. The van der Waals surface area contributed by atoms with Gasteiger partial charge in [-0.25, -0.2) is 9.13 Å². The predicted octanol–water partition coefficient (Wildman–Crippen LogP) is 18.3. The maximum Gasteiger partial charge on any atom is 0.472 e. The zero-order valence-corrected chi connectivity index (χ0v) is 56.9. The highest BCUT2D eigenvalue weighted by molar-refractivity contribution is 7.47. The van der Waals surface area contributed by atoms with Crippen LogP contribution in [0, 0.1) is 17.8 Å². The van der Waals surface area contributed by atoms with E-state index in [1.54, 1.807) is 0 Å². The van der Waals surface area contributed by atoms with E-state index < -0.39 is 97.5 Å². The lowest BCUT2D eigenvalue weighted by atomic mass is 10.0. The molecule has 17 nitrogen and oxygen atoms in total. The Balaban J connectivity index is 5.22. The van der Waals surface area contributed by atoms with Crippen LogP contribution in [-0.4, -0.2) is 96.7 Å². The Morgan fingerprint density at radius 2 is 0.541 bits per heavy atom. The average molecular weight is 1260 g/mol. The summed E-state index contributed by atoms with van der Waals surface area (Å²) in [6, 6.07) is 0. The molecule has 0 fully saturated rings. The van der Waals surface area contributed by atoms with Gasteiger partial charge in [0.1, 0.15) is 19.3 Å². The summed E-state index contributed by atoms with van der Waals surface area (Å²) in [4.78, 5) is 72.2. The van der Waals surface area contributed by atoms with Crippen LogP contribution in [0.5, 0.6) is 0 Å². The van der Waals surface area contributed by atoms with Crippen LogP contribution in [0.15, 0.2) is 0 Å². The fraction of sp³-hybridized carbons (Fsp3) is 0.939. The third-order valence-corrected chi connectivity index (χ3v) is 17.0. The van der Waals surface area contributed by atoms with Crippen molar-refractivity contribution in [1.82, 2.24) is 0 Å². The standard InChI is InChI=1S/C66H128O17P2/c1-8-9-10-11-12-18-25-33-40-47-63(68)76-54-62(83-66(71)50-43-36-29-28-32-39-46-59(6)7)56-81-85(74,75)79-52-60(67)51-78-84(72,73)80-55-61(53-77-64(69)48-41-34-26-22-21-24-31-38-45-58(4)5)82-65(70)49-42-35-27-20-17-15-13-14-16-19-23-30-37-44-57(2)3/h57-62,67H,8-56H2,1-7H3,(H,72,73)(H,74,75)/t60-,61-,62-/m1/s1. The Kier molecular flexibility index (Phi) is 55.9. The van der Waals surface area contributed by atoms with Crippen molar-refractivity contribution in [3.8, 4) is 0 Å². The highest BCUT2D eigenvalue weighted by atomic mass is 31.2. The maximum absolute atomic E-state index is 13.0. The van der Waals surface area contributed by atoms with Crippen LogP contribution in [0.3, 0.4) is 0 Å². The highest BCUT2D eigenvalue weighted by Crippen LogP contribution is 2.45. The summed E-state index contributed by atoms with van der Waals surface area (Å²) in [6.07, 6.45) is 39.1. The molecule has 19 heteroatoms. The number of carbonyl (C=O) groups excluding carboxylic acids is 4. The van der Waals surface area contributed by atoms with Gasteiger partial charge in [0.2, 0.25) is 0 Å². The first kappa shape index (κ1) is 83.1. The van der Waals surface area contributed by atoms with E-state index >= 15 is 0 Å². The molecule has 0 aromatic carbocycles.